The molecule has 0 spiro atoms. The van der Waals surface area contributed by atoms with Crippen LogP contribution in [0, 0.1) is 0 Å². The molecule has 1 saturated carbocycles. The quantitative estimate of drug-likeness (QED) is 0.890. The average molecular weight is 290 g/mol. The molecule has 3 heteroatoms. The molecule has 0 bridgehead atoms. The van der Waals surface area contributed by atoms with Gasteiger partial charge in [-0.2, -0.15) is 0 Å². The van der Waals surface area contributed by atoms with Crippen LogP contribution < -0.4 is 10.9 Å². The Balaban J connectivity index is 2.37. The highest BCUT2D eigenvalue weighted by Gasteiger charge is 2.21. The van der Waals surface area contributed by atoms with Gasteiger partial charge in [-0.05, 0) is 24.8 Å². The van der Waals surface area contributed by atoms with Gasteiger partial charge in [0.25, 0.3) is 5.56 Å². The number of nitrogens with one attached hydrogen (secondary N) is 1. The minimum Gasteiger partial charge on any atom is -0.310 e. The second-order valence-corrected chi connectivity index (χ2v) is 6.94. The molecule has 1 aliphatic rings. The Kier molecular flexibility index (Phi) is 5.63. The second-order valence-electron chi connectivity index (χ2n) is 6.94. The fourth-order valence-corrected chi connectivity index (χ4v) is 3.24. The fourth-order valence-electron chi connectivity index (χ4n) is 3.24. The summed E-state index contributed by atoms with van der Waals surface area (Å²) in [5.41, 5.74) is 2.32. The lowest BCUT2D eigenvalue weighted by atomic mass is 9.93. The van der Waals surface area contributed by atoms with Gasteiger partial charge in [0, 0.05) is 29.9 Å². The molecule has 118 valence electrons. The van der Waals surface area contributed by atoms with Crippen molar-refractivity contribution < 1.29 is 0 Å². The molecule has 0 radical (unpaired) electrons. The molecule has 1 heterocycles. The summed E-state index contributed by atoms with van der Waals surface area (Å²) in [6, 6.07) is 4.99. The molecule has 2 rings (SSSR count). The van der Waals surface area contributed by atoms with Crippen molar-refractivity contribution in [3.05, 3.63) is 33.7 Å². The molecular weight excluding hydrogens is 260 g/mol. The first-order chi connectivity index (χ1) is 10.0. The van der Waals surface area contributed by atoms with Crippen LogP contribution in [0.15, 0.2) is 16.9 Å². The minimum atomic E-state index is 0.223. The summed E-state index contributed by atoms with van der Waals surface area (Å²) in [6.07, 6.45) is 6.13. The smallest absolute Gasteiger partial charge is 0.255 e. The molecule has 1 aromatic rings. The van der Waals surface area contributed by atoms with E-state index in [1.54, 1.807) is 0 Å². The number of rotatable bonds is 5. The number of hydrogen-bond acceptors (Lipinski definition) is 2. The monoisotopic (exact) mass is 290 g/mol. The number of pyridine rings is 1. The number of aromatic nitrogens is 1. The van der Waals surface area contributed by atoms with Crippen LogP contribution in [0.5, 0.6) is 0 Å². The van der Waals surface area contributed by atoms with E-state index in [1.807, 2.05) is 6.07 Å². The van der Waals surface area contributed by atoms with Gasteiger partial charge in [-0.3, -0.25) is 4.79 Å². The van der Waals surface area contributed by atoms with E-state index in [1.165, 1.54) is 25.0 Å². The SMILES string of the molecule is CC(C)NCc1ccc(C(C)C)n(C2CCCCC2)c1=O. The van der Waals surface area contributed by atoms with Gasteiger partial charge in [-0.25, -0.2) is 0 Å². The maximum absolute atomic E-state index is 12.9. The third kappa shape index (κ3) is 3.97. The highest BCUT2D eigenvalue weighted by atomic mass is 16.1. The van der Waals surface area contributed by atoms with Crippen molar-refractivity contribution in [2.45, 2.75) is 84.3 Å². The van der Waals surface area contributed by atoms with Gasteiger partial charge in [0.2, 0.25) is 0 Å². The van der Waals surface area contributed by atoms with E-state index in [2.05, 4.69) is 43.6 Å². The van der Waals surface area contributed by atoms with E-state index in [0.29, 0.717) is 24.5 Å². The Morgan fingerprint density at radius 1 is 1.14 bits per heavy atom. The maximum Gasteiger partial charge on any atom is 0.255 e. The molecule has 1 fully saturated rings. The van der Waals surface area contributed by atoms with E-state index >= 15 is 0 Å². The zero-order valence-corrected chi connectivity index (χ0v) is 14.0. The van der Waals surface area contributed by atoms with E-state index in [4.69, 9.17) is 0 Å². The van der Waals surface area contributed by atoms with Crippen molar-refractivity contribution in [2.24, 2.45) is 0 Å². The number of nitrogens with zero attached hydrogens (tertiary/aromatic N) is 1. The second kappa shape index (κ2) is 7.26. The summed E-state index contributed by atoms with van der Waals surface area (Å²) in [7, 11) is 0. The third-order valence-corrected chi connectivity index (χ3v) is 4.46. The molecule has 1 N–H and O–H groups in total. The molecule has 1 aliphatic carbocycles. The first-order valence-electron chi connectivity index (χ1n) is 8.48. The molecule has 0 saturated heterocycles. The largest absolute Gasteiger partial charge is 0.310 e. The summed E-state index contributed by atoms with van der Waals surface area (Å²) in [5, 5.41) is 3.37. The zero-order valence-electron chi connectivity index (χ0n) is 14.0. The molecule has 0 unspecified atom stereocenters. The summed E-state index contributed by atoms with van der Waals surface area (Å²) in [6.45, 7) is 9.26. The molecule has 21 heavy (non-hydrogen) atoms. The minimum absolute atomic E-state index is 0.223. The number of hydrogen-bond donors (Lipinski definition) is 1. The van der Waals surface area contributed by atoms with Gasteiger partial charge in [-0.15, -0.1) is 0 Å². The van der Waals surface area contributed by atoms with Crippen LogP contribution in [0.1, 0.15) is 83.0 Å². The Bertz CT molecular complexity index is 510. The lowest BCUT2D eigenvalue weighted by molar-refractivity contribution is 0.334. The van der Waals surface area contributed by atoms with Gasteiger partial charge in [0.1, 0.15) is 0 Å². The predicted octanol–water partition coefficient (Wildman–Crippen LogP) is 3.97. The average Bonchev–Trinajstić information content (AvgIpc) is 2.46. The topological polar surface area (TPSA) is 34.0 Å². The van der Waals surface area contributed by atoms with Crippen molar-refractivity contribution in [2.75, 3.05) is 0 Å². The van der Waals surface area contributed by atoms with E-state index in [9.17, 15) is 4.79 Å². The Labute approximate surface area is 128 Å². The van der Waals surface area contributed by atoms with Crippen molar-refractivity contribution in [3.63, 3.8) is 0 Å². The Morgan fingerprint density at radius 2 is 1.81 bits per heavy atom. The van der Waals surface area contributed by atoms with E-state index in [-0.39, 0.29) is 5.56 Å². The van der Waals surface area contributed by atoms with Gasteiger partial charge < -0.3 is 9.88 Å². The lowest BCUT2D eigenvalue weighted by Gasteiger charge is -2.28. The Morgan fingerprint density at radius 3 is 2.38 bits per heavy atom. The standard InChI is InChI=1S/C18H30N2O/c1-13(2)17-11-10-15(12-19-14(3)4)18(21)20(17)16-8-6-5-7-9-16/h10-11,13-14,16,19H,5-9,12H2,1-4H3. The van der Waals surface area contributed by atoms with Gasteiger partial charge in [0.15, 0.2) is 0 Å². The fraction of sp³-hybridized carbons (Fsp3) is 0.722. The zero-order chi connectivity index (χ0) is 15.4. The molecule has 3 nitrogen and oxygen atoms in total. The van der Waals surface area contributed by atoms with Gasteiger partial charge in [0.05, 0.1) is 0 Å². The molecule has 0 atom stereocenters. The van der Waals surface area contributed by atoms with E-state index in [0.717, 1.165) is 18.4 Å². The summed E-state index contributed by atoms with van der Waals surface area (Å²) >= 11 is 0. The van der Waals surface area contributed by atoms with Crippen molar-refractivity contribution >= 4 is 0 Å². The summed E-state index contributed by atoms with van der Waals surface area (Å²) in [5.74, 6) is 0.395. The van der Waals surface area contributed by atoms with Crippen LogP contribution in [0.4, 0.5) is 0 Å². The van der Waals surface area contributed by atoms with Gasteiger partial charge in [-0.1, -0.05) is 53.0 Å². The molecule has 1 aromatic heterocycles. The molecule has 0 aliphatic heterocycles. The van der Waals surface area contributed by atoms with Crippen LogP contribution in [-0.4, -0.2) is 10.6 Å². The van der Waals surface area contributed by atoms with Crippen LogP contribution in [0.3, 0.4) is 0 Å². The van der Waals surface area contributed by atoms with Crippen molar-refractivity contribution in [3.8, 4) is 0 Å². The highest BCUT2D eigenvalue weighted by Crippen LogP contribution is 2.29. The third-order valence-electron chi connectivity index (χ3n) is 4.46. The lowest BCUT2D eigenvalue weighted by Crippen LogP contribution is -2.34. The van der Waals surface area contributed by atoms with Crippen LogP contribution >= 0.6 is 0 Å². The Hall–Kier alpha value is -1.09. The van der Waals surface area contributed by atoms with Crippen molar-refractivity contribution in [1.82, 2.24) is 9.88 Å². The van der Waals surface area contributed by atoms with Crippen LogP contribution in [0.2, 0.25) is 0 Å². The van der Waals surface area contributed by atoms with E-state index < -0.39 is 0 Å². The maximum atomic E-state index is 12.9. The van der Waals surface area contributed by atoms with Gasteiger partial charge >= 0.3 is 0 Å². The molecular formula is C18H30N2O. The normalized spacial score (nSPS) is 16.9. The predicted molar refractivity (Wildman–Crippen MR) is 88.9 cm³/mol. The van der Waals surface area contributed by atoms with Crippen LogP contribution in [0.25, 0.3) is 0 Å². The summed E-state index contributed by atoms with van der Waals surface area (Å²) < 4.78 is 2.11. The van der Waals surface area contributed by atoms with Crippen LogP contribution in [-0.2, 0) is 6.54 Å². The highest BCUT2D eigenvalue weighted by molar-refractivity contribution is 5.19. The van der Waals surface area contributed by atoms with Crippen molar-refractivity contribution in [1.29, 1.82) is 0 Å². The first kappa shape index (κ1) is 16.3. The first-order valence-corrected chi connectivity index (χ1v) is 8.48. The molecule has 0 aromatic carbocycles. The molecule has 0 amide bonds. The summed E-state index contributed by atoms with van der Waals surface area (Å²) in [4.78, 5) is 12.9.